The van der Waals surface area contributed by atoms with Crippen molar-refractivity contribution in [3.63, 3.8) is 0 Å². The summed E-state index contributed by atoms with van der Waals surface area (Å²) >= 11 is 0. The molecule has 0 spiro atoms. The lowest BCUT2D eigenvalue weighted by Crippen LogP contribution is -2.22. The first kappa shape index (κ1) is 17.8. The van der Waals surface area contributed by atoms with Crippen LogP contribution < -0.4 is 5.32 Å². The lowest BCUT2D eigenvalue weighted by atomic mass is 10.1. The smallest absolute Gasteiger partial charge is 0.335 e. The van der Waals surface area contributed by atoms with Gasteiger partial charge in [-0.3, -0.25) is 4.79 Å². The fourth-order valence-corrected chi connectivity index (χ4v) is 2.06. The average Bonchev–Trinajstić information content (AvgIpc) is 2.57. The van der Waals surface area contributed by atoms with E-state index in [1.807, 2.05) is 37.3 Å². The van der Waals surface area contributed by atoms with Crippen molar-refractivity contribution < 1.29 is 19.1 Å². The van der Waals surface area contributed by atoms with E-state index >= 15 is 0 Å². The van der Waals surface area contributed by atoms with E-state index in [1.165, 1.54) is 14.2 Å². The van der Waals surface area contributed by atoms with Crippen molar-refractivity contribution in [1.82, 2.24) is 5.32 Å². The molecule has 1 aromatic carbocycles. The van der Waals surface area contributed by atoms with Crippen LogP contribution in [-0.2, 0) is 19.1 Å². The molecule has 0 heterocycles. The van der Waals surface area contributed by atoms with Crippen LogP contribution in [0, 0.1) is 0 Å². The van der Waals surface area contributed by atoms with Gasteiger partial charge in [0.2, 0.25) is 0 Å². The van der Waals surface area contributed by atoms with Crippen molar-refractivity contribution in [3.8, 4) is 0 Å². The molecule has 0 amide bonds. The molecular formula is C17H23NO4. The van der Waals surface area contributed by atoms with Crippen LogP contribution in [-0.4, -0.2) is 26.2 Å². The maximum Gasteiger partial charge on any atom is 0.335 e. The van der Waals surface area contributed by atoms with Gasteiger partial charge in [-0.05, 0) is 25.8 Å². The Morgan fingerprint density at radius 3 is 2.27 bits per heavy atom. The van der Waals surface area contributed by atoms with E-state index in [-0.39, 0.29) is 18.4 Å². The molecule has 0 aliphatic carbocycles. The van der Waals surface area contributed by atoms with Crippen molar-refractivity contribution in [2.75, 3.05) is 14.2 Å². The van der Waals surface area contributed by atoms with E-state index in [0.29, 0.717) is 17.7 Å². The molecule has 0 aliphatic heterocycles. The van der Waals surface area contributed by atoms with Gasteiger partial charge in [0.1, 0.15) is 0 Å². The zero-order valence-electron chi connectivity index (χ0n) is 13.5. The molecule has 0 aromatic heterocycles. The molecule has 0 saturated heterocycles. The van der Waals surface area contributed by atoms with Crippen LogP contribution in [0.3, 0.4) is 0 Å². The standard InChI is InChI=1S/C17H23NO4/c1-12(17(20)22-4)15(10-11-16(19)21-3)18-13(2)14-8-6-5-7-9-14/h5-9,13,18H,10-11H2,1-4H3/b15-12-. The van der Waals surface area contributed by atoms with Crippen LogP contribution >= 0.6 is 0 Å². The molecule has 1 atom stereocenters. The maximum atomic E-state index is 11.7. The molecule has 0 saturated carbocycles. The molecule has 1 N–H and O–H groups in total. The number of hydrogen-bond acceptors (Lipinski definition) is 5. The Bertz CT molecular complexity index is 537. The van der Waals surface area contributed by atoms with Gasteiger partial charge < -0.3 is 14.8 Å². The number of nitrogens with one attached hydrogen (secondary N) is 1. The van der Waals surface area contributed by atoms with Crippen LogP contribution in [0.1, 0.15) is 38.3 Å². The summed E-state index contributed by atoms with van der Waals surface area (Å²) < 4.78 is 9.41. The van der Waals surface area contributed by atoms with E-state index < -0.39 is 5.97 Å². The summed E-state index contributed by atoms with van der Waals surface area (Å²) in [6.07, 6.45) is 0.597. The molecule has 0 aliphatic rings. The summed E-state index contributed by atoms with van der Waals surface area (Å²) in [5.74, 6) is -0.725. The number of benzene rings is 1. The van der Waals surface area contributed by atoms with E-state index in [1.54, 1.807) is 6.92 Å². The Kier molecular flexibility index (Phi) is 7.16. The van der Waals surface area contributed by atoms with Crippen molar-refractivity contribution in [1.29, 1.82) is 0 Å². The first-order chi connectivity index (χ1) is 10.5. The third-order valence-electron chi connectivity index (χ3n) is 3.44. The van der Waals surface area contributed by atoms with Gasteiger partial charge in [-0.15, -0.1) is 0 Å². The highest BCUT2D eigenvalue weighted by Crippen LogP contribution is 2.18. The zero-order chi connectivity index (χ0) is 16.5. The maximum absolute atomic E-state index is 11.7. The number of ether oxygens (including phenoxy) is 2. The van der Waals surface area contributed by atoms with Crippen LogP contribution in [0.15, 0.2) is 41.6 Å². The van der Waals surface area contributed by atoms with Gasteiger partial charge in [-0.2, -0.15) is 0 Å². The SMILES string of the molecule is COC(=O)CC/C(NC(C)c1ccccc1)=C(\C)C(=O)OC. The lowest BCUT2D eigenvalue weighted by Gasteiger charge is -2.20. The predicted molar refractivity (Wildman–Crippen MR) is 84.0 cm³/mol. The van der Waals surface area contributed by atoms with Gasteiger partial charge >= 0.3 is 11.9 Å². The Morgan fingerprint density at radius 1 is 1.09 bits per heavy atom. The fourth-order valence-electron chi connectivity index (χ4n) is 2.06. The Balaban J connectivity index is 2.90. The second-order valence-electron chi connectivity index (χ2n) is 4.95. The number of rotatable bonds is 7. The molecule has 0 bridgehead atoms. The zero-order valence-corrected chi connectivity index (χ0v) is 13.5. The monoisotopic (exact) mass is 305 g/mol. The molecule has 5 nitrogen and oxygen atoms in total. The fraction of sp³-hybridized carbons (Fsp3) is 0.412. The van der Waals surface area contributed by atoms with Gasteiger partial charge in [0.25, 0.3) is 0 Å². The highest BCUT2D eigenvalue weighted by molar-refractivity contribution is 5.88. The molecule has 0 radical (unpaired) electrons. The number of hydrogen-bond donors (Lipinski definition) is 1. The second kappa shape index (κ2) is 8.87. The highest BCUT2D eigenvalue weighted by atomic mass is 16.5. The van der Waals surface area contributed by atoms with Crippen molar-refractivity contribution in [2.24, 2.45) is 0 Å². The number of carbonyl (C=O) groups is 2. The minimum Gasteiger partial charge on any atom is -0.469 e. The Morgan fingerprint density at radius 2 is 1.73 bits per heavy atom. The van der Waals surface area contributed by atoms with Gasteiger partial charge in [-0.25, -0.2) is 4.79 Å². The van der Waals surface area contributed by atoms with E-state index in [0.717, 1.165) is 5.56 Å². The summed E-state index contributed by atoms with van der Waals surface area (Å²) in [5, 5.41) is 3.30. The molecule has 5 heteroatoms. The quantitative estimate of drug-likeness (QED) is 0.620. The summed E-state index contributed by atoms with van der Waals surface area (Å²) in [7, 11) is 2.68. The molecule has 1 rings (SSSR count). The highest BCUT2D eigenvalue weighted by Gasteiger charge is 2.15. The Labute approximate surface area is 131 Å². The first-order valence-electron chi connectivity index (χ1n) is 7.16. The minimum atomic E-state index is -0.410. The molecule has 120 valence electrons. The Hall–Kier alpha value is -2.30. The van der Waals surface area contributed by atoms with Gasteiger partial charge in [-0.1, -0.05) is 30.3 Å². The van der Waals surface area contributed by atoms with Crippen molar-refractivity contribution >= 4 is 11.9 Å². The molecule has 22 heavy (non-hydrogen) atoms. The minimum absolute atomic E-state index is 0.00783. The first-order valence-corrected chi connectivity index (χ1v) is 7.16. The average molecular weight is 305 g/mol. The van der Waals surface area contributed by atoms with Crippen LogP contribution in [0.25, 0.3) is 0 Å². The molecule has 1 unspecified atom stereocenters. The van der Waals surface area contributed by atoms with Gasteiger partial charge in [0.05, 0.1) is 26.2 Å². The van der Waals surface area contributed by atoms with Crippen LogP contribution in [0.4, 0.5) is 0 Å². The van der Waals surface area contributed by atoms with Gasteiger partial charge in [0, 0.05) is 11.7 Å². The lowest BCUT2D eigenvalue weighted by molar-refractivity contribution is -0.140. The number of esters is 2. The topological polar surface area (TPSA) is 64.6 Å². The summed E-state index contributed by atoms with van der Waals surface area (Å²) in [6, 6.07) is 9.88. The van der Waals surface area contributed by atoms with Crippen LogP contribution in [0.5, 0.6) is 0 Å². The summed E-state index contributed by atoms with van der Waals surface area (Å²) in [4.78, 5) is 23.1. The van der Waals surface area contributed by atoms with E-state index in [9.17, 15) is 9.59 Å². The number of methoxy groups -OCH3 is 2. The largest absolute Gasteiger partial charge is 0.469 e. The van der Waals surface area contributed by atoms with Gasteiger partial charge in [0.15, 0.2) is 0 Å². The van der Waals surface area contributed by atoms with Crippen molar-refractivity contribution in [3.05, 3.63) is 47.2 Å². The van der Waals surface area contributed by atoms with E-state index in [4.69, 9.17) is 4.74 Å². The number of carbonyl (C=O) groups excluding carboxylic acids is 2. The molecular weight excluding hydrogens is 282 g/mol. The predicted octanol–water partition coefficient (Wildman–Crippen LogP) is 2.74. The third-order valence-corrected chi connectivity index (χ3v) is 3.44. The number of allylic oxidation sites excluding steroid dienone is 1. The normalized spacial score (nSPS) is 12.9. The summed E-state index contributed by atoms with van der Waals surface area (Å²) in [6.45, 7) is 3.68. The third kappa shape index (κ3) is 5.24. The summed E-state index contributed by atoms with van der Waals surface area (Å²) in [5.41, 5.74) is 2.25. The molecule has 1 aromatic rings. The molecule has 0 fully saturated rings. The van der Waals surface area contributed by atoms with Crippen LogP contribution in [0.2, 0.25) is 0 Å². The second-order valence-corrected chi connectivity index (χ2v) is 4.95. The van der Waals surface area contributed by atoms with Crippen molar-refractivity contribution in [2.45, 2.75) is 32.7 Å². The van der Waals surface area contributed by atoms with E-state index in [2.05, 4.69) is 10.1 Å².